The monoisotopic (exact) mass is 529 g/mol. The molecule has 103 valence electrons. The number of ether oxygens (including phenoxy) is 2. The Hall–Kier alpha value is 1.19. The average molecular weight is 529 g/mol. The summed E-state index contributed by atoms with van der Waals surface area (Å²) in [5, 5.41) is 0. The first-order chi connectivity index (χ1) is 9.67. The summed E-state index contributed by atoms with van der Waals surface area (Å²) in [4.78, 5) is 2.15. The van der Waals surface area contributed by atoms with E-state index in [0.717, 1.165) is 24.6 Å². The van der Waals surface area contributed by atoms with Crippen molar-refractivity contribution < 1.29 is 9.47 Å². The zero-order chi connectivity index (χ0) is 14.1. The normalized spacial score (nSPS) is 20.9. The van der Waals surface area contributed by atoms with Gasteiger partial charge >= 0.3 is 0 Å². The summed E-state index contributed by atoms with van der Waals surface area (Å²) < 4.78 is 16.1. The van der Waals surface area contributed by atoms with Crippen LogP contribution in [0.1, 0.15) is 11.1 Å². The fraction of sp³-hybridized carbons (Fsp3) is 0.400. The predicted molar refractivity (Wildman–Crippen MR) is 103 cm³/mol. The molecule has 0 fully saturated rings. The highest BCUT2D eigenvalue weighted by Gasteiger charge is 2.24. The number of benzene rings is 1. The van der Waals surface area contributed by atoms with Gasteiger partial charge in [0, 0.05) is 30.3 Å². The molecule has 1 aromatic carbocycles. The Labute approximate surface area is 150 Å². The molecule has 0 saturated heterocycles. The molecule has 0 N–H and O–H groups in total. The van der Waals surface area contributed by atoms with Crippen LogP contribution in [-0.4, -0.2) is 35.2 Å². The highest BCUT2D eigenvalue weighted by atomic mass is 127. The Morgan fingerprint density at radius 3 is 2.60 bits per heavy atom. The molecular formula is C10H11B2I2N2O2P2. The van der Waals surface area contributed by atoms with Crippen molar-refractivity contribution in [3.05, 3.63) is 23.3 Å². The standard InChI is InChI=1S/C10H11B2I2N2O2P2/c11-20(14)16-4-8-1-7-3-15(19-12-13)5-17-9(7)2-10(8)18-6-16/h1-2,19H,3-6H2. The van der Waals surface area contributed by atoms with Crippen molar-refractivity contribution in [3.63, 3.8) is 0 Å². The molecule has 0 spiro atoms. The first kappa shape index (κ1) is 16.1. The second-order valence-corrected chi connectivity index (χ2v) is 11.6. The van der Waals surface area contributed by atoms with Crippen LogP contribution in [0, 0.1) is 0 Å². The van der Waals surface area contributed by atoms with Crippen molar-refractivity contribution in [2.75, 3.05) is 13.5 Å². The van der Waals surface area contributed by atoms with Crippen molar-refractivity contribution in [2.24, 2.45) is 0 Å². The summed E-state index contributed by atoms with van der Waals surface area (Å²) >= 11 is 4.55. The lowest BCUT2D eigenvalue weighted by molar-refractivity contribution is 0.164. The highest BCUT2D eigenvalue weighted by Crippen LogP contribution is 2.47. The van der Waals surface area contributed by atoms with Crippen LogP contribution in [0.2, 0.25) is 0 Å². The van der Waals surface area contributed by atoms with E-state index in [-0.39, 0.29) is 0 Å². The summed E-state index contributed by atoms with van der Waals surface area (Å²) in [5.41, 5.74) is 1.81. The minimum atomic E-state index is -0.637. The van der Waals surface area contributed by atoms with E-state index in [9.17, 15) is 0 Å². The van der Waals surface area contributed by atoms with Crippen LogP contribution in [0.15, 0.2) is 12.1 Å². The minimum Gasteiger partial charge on any atom is -0.477 e. The molecule has 0 bridgehead atoms. The number of hydrogen-bond acceptors (Lipinski definition) is 4. The van der Waals surface area contributed by atoms with E-state index < -0.39 is 5.59 Å². The zero-order valence-corrected chi connectivity index (χ0v) is 16.8. The average Bonchev–Trinajstić information content (AvgIpc) is 2.44. The van der Waals surface area contributed by atoms with E-state index in [1.807, 2.05) is 6.07 Å². The molecule has 2 aliphatic heterocycles. The summed E-state index contributed by atoms with van der Waals surface area (Å²) in [6, 6.07) is 4.23. The van der Waals surface area contributed by atoms with E-state index in [1.54, 1.807) is 0 Å². The SMILES string of the molecule is [B]P(I)N1COc2cc3c(cc2C1)CN(P[B]I)CO3. The largest absolute Gasteiger partial charge is 0.477 e. The molecule has 0 aromatic heterocycles. The van der Waals surface area contributed by atoms with Crippen LogP contribution < -0.4 is 9.47 Å². The molecule has 2 heterocycles. The van der Waals surface area contributed by atoms with E-state index in [1.165, 1.54) is 11.1 Å². The molecule has 2 unspecified atom stereocenters. The molecule has 2 atom stereocenters. The molecule has 1 aromatic rings. The Bertz CT molecular complexity index is 512. The van der Waals surface area contributed by atoms with Crippen molar-refractivity contribution in [1.29, 1.82) is 0 Å². The maximum atomic E-state index is 5.98. The molecule has 0 amide bonds. The molecule has 0 saturated carbocycles. The lowest BCUT2D eigenvalue weighted by Crippen LogP contribution is -2.29. The van der Waals surface area contributed by atoms with Gasteiger partial charge in [0.1, 0.15) is 32.5 Å². The third kappa shape index (κ3) is 3.57. The molecule has 2 aliphatic rings. The zero-order valence-electron chi connectivity index (χ0n) is 10.6. The van der Waals surface area contributed by atoms with Gasteiger partial charge in [-0.2, -0.15) is 0 Å². The van der Waals surface area contributed by atoms with E-state index in [4.69, 9.17) is 17.0 Å². The Kier molecular flexibility index (Phi) is 5.76. The maximum absolute atomic E-state index is 5.98. The number of hydrogen-bond donors (Lipinski definition) is 0. The van der Waals surface area contributed by atoms with Crippen LogP contribution in [0.5, 0.6) is 11.5 Å². The van der Waals surface area contributed by atoms with Gasteiger partial charge in [-0.3, -0.25) is 4.67 Å². The topological polar surface area (TPSA) is 24.9 Å². The highest BCUT2D eigenvalue weighted by molar-refractivity contribution is 14.2. The first-order valence-corrected chi connectivity index (χ1v) is 12.4. The van der Waals surface area contributed by atoms with Crippen LogP contribution in [0.25, 0.3) is 0 Å². The van der Waals surface area contributed by atoms with Crippen LogP contribution >= 0.6 is 58.6 Å². The van der Waals surface area contributed by atoms with Crippen molar-refractivity contribution in [1.82, 2.24) is 9.34 Å². The fourth-order valence-electron chi connectivity index (χ4n) is 2.23. The third-order valence-electron chi connectivity index (χ3n) is 3.20. The second kappa shape index (κ2) is 7.18. The van der Waals surface area contributed by atoms with Gasteiger partial charge in [0.2, 0.25) is 4.86 Å². The van der Waals surface area contributed by atoms with Crippen molar-refractivity contribution >= 4 is 71.0 Å². The number of halogens is 2. The van der Waals surface area contributed by atoms with Crippen LogP contribution in [0.4, 0.5) is 0 Å². The Balaban J connectivity index is 1.82. The van der Waals surface area contributed by atoms with E-state index in [2.05, 4.69) is 64.7 Å². The van der Waals surface area contributed by atoms with Crippen molar-refractivity contribution in [2.45, 2.75) is 13.1 Å². The van der Waals surface area contributed by atoms with Gasteiger partial charge in [-0.1, -0.05) is 8.61 Å². The van der Waals surface area contributed by atoms with E-state index >= 15 is 0 Å². The van der Waals surface area contributed by atoms with Gasteiger partial charge in [0.25, 0.3) is 0 Å². The van der Waals surface area contributed by atoms with Gasteiger partial charge in [0.05, 0.1) is 0 Å². The first-order valence-electron chi connectivity index (χ1n) is 5.97. The Morgan fingerprint density at radius 2 is 1.90 bits per heavy atom. The summed E-state index contributed by atoms with van der Waals surface area (Å²) in [6.45, 7) is 3.00. The second-order valence-electron chi connectivity index (χ2n) is 4.50. The maximum Gasteiger partial charge on any atom is 0.248 e. The molecule has 4 nitrogen and oxygen atoms in total. The third-order valence-corrected chi connectivity index (χ3v) is 7.42. The minimum absolute atomic E-state index is 0.564. The lowest BCUT2D eigenvalue weighted by Gasteiger charge is -2.34. The van der Waals surface area contributed by atoms with Crippen LogP contribution in [0.3, 0.4) is 0 Å². The van der Waals surface area contributed by atoms with Crippen molar-refractivity contribution in [3.8, 4) is 11.5 Å². The summed E-state index contributed by atoms with van der Waals surface area (Å²) in [5.74, 6) is 1.89. The van der Waals surface area contributed by atoms with Crippen LogP contribution in [-0.2, 0) is 13.1 Å². The molecular weight excluding hydrogens is 518 g/mol. The molecule has 3 radical (unpaired) electrons. The van der Waals surface area contributed by atoms with E-state index in [0.29, 0.717) is 22.1 Å². The number of nitrogens with zero attached hydrogens (tertiary/aromatic N) is 2. The Morgan fingerprint density at radius 1 is 1.20 bits per heavy atom. The number of rotatable bonds is 3. The van der Waals surface area contributed by atoms with Gasteiger partial charge in [-0.05, 0) is 33.7 Å². The van der Waals surface area contributed by atoms with Gasteiger partial charge in [-0.15, -0.1) is 22.4 Å². The molecule has 20 heavy (non-hydrogen) atoms. The summed E-state index contributed by atoms with van der Waals surface area (Å²) in [7, 11) is 6.67. The number of fused-ring (bicyclic) bond motifs is 2. The summed E-state index contributed by atoms with van der Waals surface area (Å²) in [6.07, 6.45) is 0. The quantitative estimate of drug-likeness (QED) is 0.341. The molecule has 3 rings (SSSR count). The lowest BCUT2D eigenvalue weighted by atomic mass is 10.1. The van der Waals surface area contributed by atoms with Gasteiger partial charge in [0.15, 0.2) is 0 Å². The van der Waals surface area contributed by atoms with Gasteiger partial charge in [-0.25, -0.2) is 4.67 Å². The predicted octanol–water partition coefficient (Wildman–Crippen LogP) is 3.38. The van der Waals surface area contributed by atoms with Gasteiger partial charge < -0.3 is 9.47 Å². The molecule has 10 heteroatoms. The smallest absolute Gasteiger partial charge is 0.248 e. The molecule has 0 aliphatic carbocycles. The fourth-order valence-corrected chi connectivity index (χ4v) is 5.24.